The first kappa shape index (κ1) is 12.2. The van der Waals surface area contributed by atoms with Gasteiger partial charge in [-0.1, -0.05) is 0 Å². The Morgan fingerprint density at radius 2 is 1.72 bits per heavy atom. The fourth-order valence-electron chi connectivity index (χ4n) is 1.49. The highest BCUT2D eigenvalue weighted by atomic mass is 16.5. The minimum atomic E-state index is 0.511. The monoisotopic (exact) mass is 245 g/mol. The molecule has 0 radical (unpaired) electrons. The van der Waals surface area contributed by atoms with Gasteiger partial charge in [-0.05, 0) is 31.2 Å². The third-order valence-corrected chi connectivity index (χ3v) is 2.35. The normalized spacial score (nSPS) is 9.94. The largest absolute Gasteiger partial charge is 0.497 e. The number of hydrogen-bond donors (Lipinski definition) is 1. The Morgan fingerprint density at radius 1 is 1.06 bits per heavy atom. The van der Waals surface area contributed by atoms with E-state index < -0.39 is 0 Å². The summed E-state index contributed by atoms with van der Waals surface area (Å²) in [5.74, 6) is 3.39. The fraction of sp³-hybridized carbons (Fsp3) is 0.231. The van der Waals surface area contributed by atoms with Gasteiger partial charge >= 0.3 is 0 Å². The molecular weight excluding hydrogens is 230 g/mol. The number of hydrogen-bond acceptors (Lipinski definition) is 5. The number of nitrogens with one attached hydrogen (secondary N) is 1. The van der Waals surface area contributed by atoms with Gasteiger partial charge in [0.1, 0.15) is 23.1 Å². The Kier molecular flexibility index (Phi) is 3.62. The third kappa shape index (κ3) is 2.88. The number of nitrogens with zero attached hydrogens (tertiary/aromatic N) is 2. The van der Waals surface area contributed by atoms with Crippen LogP contribution in [-0.2, 0) is 0 Å². The maximum Gasteiger partial charge on any atom is 0.224 e. The van der Waals surface area contributed by atoms with Crippen molar-refractivity contribution in [1.29, 1.82) is 0 Å². The van der Waals surface area contributed by atoms with Gasteiger partial charge in [-0.25, -0.2) is 4.98 Å². The predicted octanol–water partition coefficient (Wildman–Crippen LogP) is 2.63. The van der Waals surface area contributed by atoms with Gasteiger partial charge in [-0.3, -0.25) is 0 Å². The van der Waals surface area contributed by atoms with E-state index >= 15 is 0 Å². The molecule has 94 valence electrons. The van der Waals surface area contributed by atoms with Crippen LogP contribution in [0.4, 0.5) is 5.82 Å². The average Bonchev–Trinajstić information content (AvgIpc) is 2.39. The van der Waals surface area contributed by atoms with Crippen LogP contribution in [0.5, 0.6) is 17.4 Å². The summed E-state index contributed by atoms with van der Waals surface area (Å²) in [7, 11) is 3.43. The molecule has 0 unspecified atom stereocenters. The van der Waals surface area contributed by atoms with Crippen molar-refractivity contribution in [2.75, 3.05) is 19.5 Å². The summed E-state index contributed by atoms with van der Waals surface area (Å²) >= 11 is 0. The van der Waals surface area contributed by atoms with E-state index in [1.807, 2.05) is 31.2 Å². The van der Waals surface area contributed by atoms with Crippen molar-refractivity contribution in [1.82, 2.24) is 9.97 Å². The number of methoxy groups -OCH3 is 1. The van der Waals surface area contributed by atoms with E-state index in [0.717, 1.165) is 11.6 Å². The molecule has 0 bridgehead atoms. The van der Waals surface area contributed by atoms with Crippen molar-refractivity contribution in [3.05, 3.63) is 36.2 Å². The Labute approximate surface area is 106 Å². The third-order valence-electron chi connectivity index (χ3n) is 2.35. The van der Waals surface area contributed by atoms with E-state index in [9.17, 15) is 0 Å². The van der Waals surface area contributed by atoms with Gasteiger partial charge in [-0.15, -0.1) is 0 Å². The first-order valence-electron chi connectivity index (χ1n) is 5.56. The van der Waals surface area contributed by atoms with Crippen LogP contribution in [-0.4, -0.2) is 24.1 Å². The molecule has 0 aliphatic rings. The van der Waals surface area contributed by atoms with Crippen LogP contribution < -0.4 is 14.8 Å². The van der Waals surface area contributed by atoms with Gasteiger partial charge in [0.2, 0.25) is 5.88 Å². The summed E-state index contributed by atoms with van der Waals surface area (Å²) in [6.45, 7) is 1.82. The summed E-state index contributed by atoms with van der Waals surface area (Å²) < 4.78 is 10.7. The smallest absolute Gasteiger partial charge is 0.224 e. The van der Waals surface area contributed by atoms with E-state index in [2.05, 4.69) is 15.3 Å². The molecule has 5 nitrogen and oxygen atoms in total. The molecule has 0 saturated heterocycles. The van der Waals surface area contributed by atoms with Gasteiger partial charge in [0.15, 0.2) is 0 Å². The fourth-order valence-corrected chi connectivity index (χ4v) is 1.49. The van der Waals surface area contributed by atoms with Crippen LogP contribution in [0.15, 0.2) is 30.3 Å². The van der Waals surface area contributed by atoms with Crippen LogP contribution in [0.3, 0.4) is 0 Å². The quantitative estimate of drug-likeness (QED) is 0.897. The lowest BCUT2D eigenvalue weighted by Crippen LogP contribution is -1.98. The zero-order chi connectivity index (χ0) is 13.0. The molecule has 0 aliphatic heterocycles. The zero-order valence-corrected chi connectivity index (χ0v) is 10.6. The molecule has 0 aliphatic carbocycles. The molecule has 1 heterocycles. The molecule has 0 saturated carbocycles. The summed E-state index contributed by atoms with van der Waals surface area (Å²) in [6, 6.07) is 9.08. The van der Waals surface area contributed by atoms with Gasteiger partial charge in [0, 0.05) is 13.1 Å². The van der Waals surface area contributed by atoms with Crippen molar-refractivity contribution in [3.63, 3.8) is 0 Å². The Morgan fingerprint density at radius 3 is 2.33 bits per heavy atom. The number of anilines is 1. The lowest BCUT2D eigenvalue weighted by Gasteiger charge is -2.08. The molecule has 2 aromatic rings. The molecule has 0 spiro atoms. The molecular formula is C13H15N3O2. The molecule has 0 fully saturated rings. The molecule has 18 heavy (non-hydrogen) atoms. The second kappa shape index (κ2) is 5.35. The van der Waals surface area contributed by atoms with Gasteiger partial charge in [-0.2, -0.15) is 4.98 Å². The topological polar surface area (TPSA) is 56.3 Å². The van der Waals surface area contributed by atoms with Crippen molar-refractivity contribution in [2.45, 2.75) is 6.92 Å². The zero-order valence-electron chi connectivity index (χ0n) is 10.6. The second-order valence-corrected chi connectivity index (χ2v) is 3.67. The first-order chi connectivity index (χ1) is 8.71. The first-order valence-corrected chi connectivity index (χ1v) is 5.56. The number of aromatic nitrogens is 2. The minimum Gasteiger partial charge on any atom is -0.497 e. The van der Waals surface area contributed by atoms with Gasteiger partial charge < -0.3 is 14.8 Å². The maximum atomic E-state index is 5.65. The summed E-state index contributed by atoms with van der Waals surface area (Å²) in [6.07, 6.45) is 0. The minimum absolute atomic E-state index is 0.511. The molecule has 2 rings (SSSR count). The highest BCUT2D eigenvalue weighted by molar-refractivity contribution is 5.40. The number of ether oxygens (including phenoxy) is 2. The highest BCUT2D eigenvalue weighted by Gasteiger charge is 2.03. The van der Waals surface area contributed by atoms with E-state index in [1.165, 1.54) is 0 Å². The lowest BCUT2D eigenvalue weighted by atomic mass is 10.3. The van der Waals surface area contributed by atoms with E-state index in [4.69, 9.17) is 9.47 Å². The summed E-state index contributed by atoms with van der Waals surface area (Å²) in [4.78, 5) is 8.41. The number of rotatable bonds is 4. The lowest BCUT2D eigenvalue weighted by molar-refractivity contribution is 0.412. The van der Waals surface area contributed by atoms with E-state index in [1.54, 1.807) is 20.2 Å². The summed E-state index contributed by atoms with van der Waals surface area (Å²) in [5, 5.41) is 2.96. The molecule has 1 aromatic heterocycles. The maximum absolute atomic E-state index is 5.65. The van der Waals surface area contributed by atoms with Crippen LogP contribution in [0, 0.1) is 6.92 Å². The molecule has 1 aromatic carbocycles. The van der Waals surface area contributed by atoms with Crippen molar-refractivity contribution in [2.24, 2.45) is 0 Å². The molecule has 1 N–H and O–H groups in total. The molecule has 0 atom stereocenters. The van der Waals surface area contributed by atoms with E-state index in [0.29, 0.717) is 17.5 Å². The van der Waals surface area contributed by atoms with Crippen LogP contribution in [0.2, 0.25) is 0 Å². The van der Waals surface area contributed by atoms with Gasteiger partial charge in [0.05, 0.1) is 7.11 Å². The Hall–Kier alpha value is -2.30. The molecule has 0 amide bonds. The number of benzene rings is 1. The van der Waals surface area contributed by atoms with Crippen molar-refractivity contribution < 1.29 is 9.47 Å². The second-order valence-electron chi connectivity index (χ2n) is 3.67. The molecule has 5 heteroatoms. The van der Waals surface area contributed by atoms with Crippen LogP contribution in [0.1, 0.15) is 5.82 Å². The standard InChI is InChI=1S/C13H15N3O2/c1-9-15-12(14-2)8-13(16-9)18-11-6-4-10(17-3)5-7-11/h4-8H,1-3H3,(H,14,15,16). The highest BCUT2D eigenvalue weighted by Crippen LogP contribution is 2.23. The average molecular weight is 245 g/mol. The Bertz CT molecular complexity index is 526. The van der Waals surface area contributed by atoms with Crippen LogP contribution in [0.25, 0.3) is 0 Å². The summed E-state index contributed by atoms with van der Waals surface area (Å²) in [5.41, 5.74) is 0. The van der Waals surface area contributed by atoms with Crippen molar-refractivity contribution >= 4 is 5.82 Å². The van der Waals surface area contributed by atoms with E-state index in [-0.39, 0.29) is 0 Å². The predicted molar refractivity (Wildman–Crippen MR) is 69.4 cm³/mol. The number of aryl methyl sites for hydroxylation is 1. The SMILES string of the molecule is CNc1cc(Oc2ccc(OC)cc2)nc(C)n1. The van der Waals surface area contributed by atoms with Crippen LogP contribution >= 0.6 is 0 Å². The Balaban J connectivity index is 2.19. The van der Waals surface area contributed by atoms with Crippen molar-refractivity contribution in [3.8, 4) is 17.4 Å². The van der Waals surface area contributed by atoms with Gasteiger partial charge in [0.25, 0.3) is 0 Å².